The van der Waals surface area contributed by atoms with Crippen molar-refractivity contribution in [2.75, 3.05) is 0 Å². The van der Waals surface area contributed by atoms with Gasteiger partial charge in [0.15, 0.2) is 0 Å². The highest BCUT2D eigenvalue weighted by atomic mass is 16.4. The summed E-state index contributed by atoms with van der Waals surface area (Å²) >= 11 is 0. The topological polar surface area (TPSA) is 77.8 Å². The molecule has 68 valence electrons. The van der Waals surface area contributed by atoms with E-state index in [1.54, 1.807) is 0 Å². The lowest BCUT2D eigenvalue weighted by Gasteiger charge is -2.22. The molecular weight excluding hydrogens is 162 g/mol. The summed E-state index contributed by atoms with van der Waals surface area (Å²) in [5.74, 6) is -1.45. The molecule has 1 unspecified atom stereocenters. The minimum atomic E-state index is -1.05. The van der Waals surface area contributed by atoms with Crippen molar-refractivity contribution in [3.63, 3.8) is 0 Å². The summed E-state index contributed by atoms with van der Waals surface area (Å²) in [7, 11) is 0. The van der Waals surface area contributed by atoms with E-state index in [0.29, 0.717) is 12.8 Å². The summed E-state index contributed by atoms with van der Waals surface area (Å²) in [5, 5.41) is 17.9. The summed E-state index contributed by atoms with van der Waals surface area (Å²) in [6, 6.07) is -0.850. The number of carbonyl (C=O) groups is 2. The van der Waals surface area contributed by atoms with E-state index in [4.69, 9.17) is 5.11 Å². The number of likely N-dealkylation sites (tertiary alicyclic amines) is 1. The Hall–Kier alpha value is -1.10. The number of nitrogens with zero attached hydrogens (tertiary/aromatic N) is 1. The van der Waals surface area contributed by atoms with Gasteiger partial charge in [-0.25, -0.2) is 4.79 Å². The third-order valence-electron chi connectivity index (χ3n) is 2.00. The second-order valence-electron chi connectivity index (χ2n) is 2.84. The first-order valence-electron chi connectivity index (χ1n) is 3.74. The van der Waals surface area contributed by atoms with Gasteiger partial charge in [-0.1, -0.05) is 0 Å². The maximum Gasteiger partial charge on any atom is 0.326 e. The molecular formula is C7H11NO4. The van der Waals surface area contributed by atoms with Gasteiger partial charge in [-0.05, 0) is 12.8 Å². The molecule has 1 saturated heterocycles. The maximum absolute atomic E-state index is 10.9. The summed E-state index contributed by atoms with van der Waals surface area (Å²) in [5.41, 5.74) is 0. The number of hydrogen-bond donors (Lipinski definition) is 2. The van der Waals surface area contributed by atoms with Crippen LogP contribution in [0.1, 0.15) is 19.8 Å². The molecule has 5 nitrogen and oxygen atoms in total. The molecule has 0 aromatic heterocycles. The zero-order valence-electron chi connectivity index (χ0n) is 6.73. The van der Waals surface area contributed by atoms with Crippen molar-refractivity contribution in [2.24, 2.45) is 0 Å². The Morgan fingerprint density at radius 1 is 1.42 bits per heavy atom. The fraction of sp³-hybridized carbons (Fsp3) is 0.714. The largest absolute Gasteiger partial charge is 0.480 e. The third-order valence-corrected chi connectivity index (χ3v) is 2.00. The second kappa shape index (κ2) is 3.10. The number of carbonyl (C=O) groups excluding carboxylic acids is 1. The smallest absolute Gasteiger partial charge is 0.326 e. The van der Waals surface area contributed by atoms with Crippen molar-refractivity contribution >= 4 is 11.9 Å². The van der Waals surface area contributed by atoms with Crippen LogP contribution < -0.4 is 0 Å². The predicted molar refractivity (Wildman–Crippen MR) is 39.2 cm³/mol. The van der Waals surface area contributed by atoms with Crippen LogP contribution >= 0.6 is 0 Å². The lowest BCUT2D eigenvalue weighted by atomic mass is 10.2. The summed E-state index contributed by atoms with van der Waals surface area (Å²) in [4.78, 5) is 22.4. The molecule has 0 aromatic rings. The van der Waals surface area contributed by atoms with Crippen LogP contribution in [0.5, 0.6) is 0 Å². The van der Waals surface area contributed by atoms with Crippen molar-refractivity contribution < 1.29 is 19.8 Å². The molecule has 0 radical (unpaired) electrons. The van der Waals surface area contributed by atoms with E-state index >= 15 is 0 Å². The van der Waals surface area contributed by atoms with Gasteiger partial charge in [0.05, 0.1) is 0 Å². The normalized spacial score (nSPS) is 29.0. The molecule has 1 aliphatic heterocycles. The molecule has 1 fully saturated rings. The molecule has 1 rings (SSSR count). The number of amides is 1. The minimum Gasteiger partial charge on any atom is -0.480 e. The van der Waals surface area contributed by atoms with Crippen LogP contribution in [0.15, 0.2) is 0 Å². The first-order chi connectivity index (χ1) is 5.54. The molecule has 1 heterocycles. The molecule has 0 saturated carbocycles. The van der Waals surface area contributed by atoms with Gasteiger partial charge in [0, 0.05) is 6.92 Å². The Bertz CT molecular complexity index is 215. The summed E-state index contributed by atoms with van der Waals surface area (Å²) < 4.78 is 0. The lowest BCUT2D eigenvalue weighted by Crippen LogP contribution is -2.43. The summed E-state index contributed by atoms with van der Waals surface area (Å²) in [6.07, 6.45) is -0.254. The van der Waals surface area contributed by atoms with Crippen molar-refractivity contribution in [3.05, 3.63) is 0 Å². The average Bonchev–Trinajstić information content (AvgIpc) is 2.30. The molecule has 1 amide bonds. The Morgan fingerprint density at radius 3 is 2.33 bits per heavy atom. The van der Waals surface area contributed by atoms with E-state index in [-0.39, 0.29) is 0 Å². The molecule has 1 aliphatic rings. The number of aliphatic hydroxyl groups excluding tert-OH is 1. The lowest BCUT2D eigenvalue weighted by molar-refractivity contribution is -0.153. The third kappa shape index (κ3) is 1.40. The first kappa shape index (κ1) is 8.99. The number of rotatable bonds is 1. The molecule has 0 aromatic carbocycles. The highest BCUT2D eigenvalue weighted by molar-refractivity contribution is 5.83. The van der Waals surface area contributed by atoms with Crippen LogP contribution in [-0.2, 0) is 9.59 Å². The first-order valence-corrected chi connectivity index (χ1v) is 3.74. The minimum absolute atomic E-state index is 0.329. The standard InChI is InChI=1S/C7H11NO4/c1-4(9)8-5(7(11)12)2-3-6(8)10/h5-6,10H,2-3H2,1H3,(H,11,12)/t5-,6?/m0/s1. The van der Waals surface area contributed by atoms with Crippen molar-refractivity contribution in [2.45, 2.75) is 32.0 Å². The van der Waals surface area contributed by atoms with Crippen LogP contribution in [0, 0.1) is 0 Å². The van der Waals surface area contributed by atoms with Gasteiger partial charge in [0.2, 0.25) is 5.91 Å². The van der Waals surface area contributed by atoms with Gasteiger partial charge in [-0.15, -0.1) is 0 Å². The quantitative estimate of drug-likeness (QED) is 0.555. The molecule has 0 bridgehead atoms. The van der Waals surface area contributed by atoms with Crippen LogP contribution in [0.25, 0.3) is 0 Å². The van der Waals surface area contributed by atoms with Gasteiger partial charge < -0.3 is 15.1 Å². The molecule has 0 spiro atoms. The van der Waals surface area contributed by atoms with Crippen LogP contribution in [0.3, 0.4) is 0 Å². The van der Waals surface area contributed by atoms with Crippen LogP contribution in [-0.4, -0.2) is 39.3 Å². The van der Waals surface area contributed by atoms with Crippen LogP contribution in [0.2, 0.25) is 0 Å². The molecule has 2 N–H and O–H groups in total. The van der Waals surface area contributed by atoms with E-state index in [2.05, 4.69) is 0 Å². The highest BCUT2D eigenvalue weighted by Crippen LogP contribution is 2.22. The van der Waals surface area contributed by atoms with E-state index in [9.17, 15) is 14.7 Å². The zero-order valence-corrected chi connectivity index (χ0v) is 6.73. The Labute approximate surface area is 69.6 Å². The van der Waals surface area contributed by atoms with Gasteiger partial charge in [0.25, 0.3) is 0 Å². The number of hydrogen-bond acceptors (Lipinski definition) is 3. The van der Waals surface area contributed by atoms with E-state index in [1.807, 2.05) is 0 Å². The molecule has 2 atom stereocenters. The number of aliphatic hydroxyl groups is 1. The van der Waals surface area contributed by atoms with Crippen molar-refractivity contribution in [1.29, 1.82) is 0 Å². The van der Waals surface area contributed by atoms with E-state index < -0.39 is 24.1 Å². The molecule has 0 aliphatic carbocycles. The number of carboxylic acid groups (broad SMARTS) is 1. The zero-order chi connectivity index (χ0) is 9.30. The Kier molecular flexibility index (Phi) is 2.32. The highest BCUT2D eigenvalue weighted by Gasteiger charge is 2.38. The molecule has 12 heavy (non-hydrogen) atoms. The average molecular weight is 173 g/mol. The fourth-order valence-corrected chi connectivity index (χ4v) is 1.46. The number of carboxylic acids is 1. The van der Waals surface area contributed by atoms with Gasteiger partial charge in [-0.3, -0.25) is 4.79 Å². The SMILES string of the molecule is CC(=O)N1C(O)CC[C@H]1C(=O)O. The van der Waals surface area contributed by atoms with E-state index in [1.165, 1.54) is 6.92 Å². The van der Waals surface area contributed by atoms with Crippen molar-refractivity contribution in [1.82, 2.24) is 4.90 Å². The predicted octanol–water partition coefficient (Wildman–Crippen LogP) is -0.600. The van der Waals surface area contributed by atoms with Crippen molar-refractivity contribution in [3.8, 4) is 0 Å². The van der Waals surface area contributed by atoms with Crippen LogP contribution in [0.4, 0.5) is 0 Å². The fourth-order valence-electron chi connectivity index (χ4n) is 1.46. The Morgan fingerprint density at radius 2 is 2.00 bits per heavy atom. The monoisotopic (exact) mass is 173 g/mol. The maximum atomic E-state index is 10.9. The molecule has 5 heteroatoms. The second-order valence-corrected chi connectivity index (χ2v) is 2.84. The Balaban J connectivity index is 2.77. The number of aliphatic carboxylic acids is 1. The van der Waals surface area contributed by atoms with Gasteiger partial charge >= 0.3 is 5.97 Å². The van der Waals surface area contributed by atoms with Gasteiger partial charge in [-0.2, -0.15) is 0 Å². The van der Waals surface area contributed by atoms with Gasteiger partial charge in [0.1, 0.15) is 12.3 Å². The summed E-state index contributed by atoms with van der Waals surface area (Å²) in [6.45, 7) is 1.25. The van der Waals surface area contributed by atoms with E-state index in [0.717, 1.165) is 4.90 Å².